The lowest BCUT2D eigenvalue weighted by Crippen LogP contribution is -2.30. The molecular weight excluding hydrogens is 444 g/mol. The first kappa shape index (κ1) is 23.4. The number of anilines is 3. The standard InChI is InChI=1S/C25H26N8O2/c1-25(2,3)21-20(22(27)32(29-21)18-8-6-5-7-9-18)31(4)30-23-17(14-26)15-28-33(23)19-12-10-16(11-13-19)24(34)35/h5-13,15,30H,27H2,1-4H3,(H,34,35). The number of nitrogens with one attached hydrogen (secondary N) is 1. The Hall–Kier alpha value is -4.78. The minimum atomic E-state index is -1.02. The number of carboxylic acids is 1. The van der Waals surface area contributed by atoms with Crippen LogP contribution in [0.25, 0.3) is 11.4 Å². The lowest BCUT2D eigenvalue weighted by molar-refractivity contribution is 0.0697. The van der Waals surface area contributed by atoms with Gasteiger partial charge in [-0.2, -0.15) is 15.5 Å². The molecule has 0 amide bonds. The Balaban J connectivity index is 1.77. The highest BCUT2D eigenvalue weighted by Crippen LogP contribution is 2.37. The highest BCUT2D eigenvalue weighted by atomic mass is 16.4. The van der Waals surface area contributed by atoms with Crippen molar-refractivity contribution in [2.45, 2.75) is 26.2 Å². The van der Waals surface area contributed by atoms with Gasteiger partial charge in [0, 0.05) is 12.5 Å². The number of rotatable bonds is 6. The van der Waals surface area contributed by atoms with Crippen LogP contribution >= 0.6 is 0 Å². The van der Waals surface area contributed by atoms with Crippen molar-refractivity contribution in [1.82, 2.24) is 19.6 Å². The van der Waals surface area contributed by atoms with E-state index in [0.717, 1.165) is 11.4 Å². The van der Waals surface area contributed by atoms with E-state index in [-0.39, 0.29) is 11.0 Å². The second-order valence-electron chi connectivity index (χ2n) is 9.03. The topological polar surface area (TPSA) is 138 Å². The zero-order chi connectivity index (χ0) is 25.3. The third-order valence-corrected chi connectivity index (χ3v) is 5.46. The van der Waals surface area contributed by atoms with Gasteiger partial charge in [-0.3, -0.25) is 10.4 Å². The number of hydrogen-bond donors (Lipinski definition) is 3. The van der Waals surface area contributed by atoms with Crippen LogP contribution in [0.4, 0.5) is 17.3 Å². The molecule has 4 rings (SSSR count). The molecule has 0 fully saturated rings. The fraction of sp³-hybridized carbons (Fsp3) is 0.200. The molecule has 0 aliphatic heterocycles. The van der Waals surface area contributed by atoms with Crippen LogP contribution in [-0.4, -0.2) is 37.7 Å². The Kier molecular flexibility index (Phi) is 5.93. The molecule has 0 unspecified atom stereocenters. The van der Waals surface area contributed by atoms with Crippen LogP contribution in [0.3, 0.4) is 0 Å². The van der Waals surface area contributed by atoms with Gasteiger partial charge in [-0.05, 0) is 36.4 Å². The summed E-state index contributed by atoms with van der Waals surface area (Å²) in [4.78, 5) is 11.2. The summed E-state index contributed by atoms with van der Waals surface area (Å²) in [5.74, 6) is -0.176. The van der Waals surface area contributed by atoms with E-state index in [4.69, 9.17) is 10.8 Å². The van der Waals surface area contributed by atoms with Crippen molar-refractivity contribution in [3.63, 3.8) is 0 Å². The van der Waals surface area contributed by atoms with Gasteiger partial charge in [-0.25, -0.2) is 14.2 Å². The molecule has 0 radical (unpaired) electrons. The van der Waals surface area contributed by atoms with E-state index in [1.807, 2.05) is 30.3 Å². The maximum Gasteiger partial charge on any atom is 0.335 e. The van der Waals surface area contributed by atoms with Crippen molar-refractivity contribution in [2.75, 3.05) is 23.2 Å². The molecule has 2 heterocycles. The second kappa shape index (κ2) is 8.87. The van der Waals surface area contributed by atoms with Gasteiger partial charge in [0.05, 0.1) is 28.8 Å². The smallest absolute Gasteiger partial charge is 0.335 e. The Morgan fingerprint density at radius 3 is 2.29 bits per heavy atom. The largest absolute Gasteiger partial charge is 0.478 e. The number of carboxylic acid groups (broad SMARTS) is 1. The van der Waals surface area contributed by atoms with Crippen molar-refractivity contribution in [1.29, 1.82) is 5.26 Å². The summed E-state index contributed by atoms with van der Waals surface area (Å²) in [7, 11) is 1.80. The van der Waals surface area contributed by atoms with Crippen LogP contribution in [0, 0.1) is 11.3 Å². The average Bonchev–Trinajstić information content (AvgIpc) is 3.40. The number of carbonyl (C=O) groups is 1. The second-order valence-corrected chi connectivity index (χ2v) is 9.03. The number of hydrogen-bond acceptors (Lipinski definition) is 7. The van der Waals surface area contributed by atoms with Gasteiger partial charge in [0.1, 0.15) is 17.3 Å². The van der Waals surface area contributed by atoms with Crippen molar-refractivity contribution in [3.05, 3.63) is 77.6 Å². The molecule has 4 aromatic rings. The predicted octanol–water partition coefficient (Wildman–Crippen LogP) is 3.97. The molecule has 0 saturated heterocycles. The summed E-state index contributed by atoms with van der Waals surface area (Å²) in [6, 6.07) is 18.0. The van der Waals surface area contributed by atoms with E-state index in [2.05, 4.69) is 37.4 Å². The summed E-state index contributed by atoms with van der Waals surface area (Å²) in [6.45, 7) is 6.16. The third-order valence-electron chi connectivity index (χ3n) is 5.46. The Morgan fingerprint density at radius 2 is 1.71 bits per heavy atom. The lowest BCUT2D eigenvalue weighted by atomic mass is 9.91. The molecule has 10 nitrogen and oxygen atoms in total. The van der Waals surface area contributed by atoms with E-state index in [1.165, 1.54) is 23.0 Å². The quantitative estimate of drug-likeness (QED) is 0.360. The van der Waals surface area contributed by atoms with Gasteiger partial charge < -0.3 is 10.8 Å². The van der Waals surface area contributed by atoms with E-state index in [0.29, 0.717) is 28.6 Å². The number of nitrogens with two attached hydrogens (primary N) is 1. The molecule has 178 valence electrons. The number of aromatic carboxylic acids is 1. The van der Waals surface area contributed by atoms with Crippen LogP contribution in [-0.2, 0) is 5.41 Å². The van der Waals surface area contributed by atoms with E-state index < -0.39 is 5.97 Å². The fourth-order valence-corrected chi connectivity index (χ4v) is 3.72. The maximum absolute atomic E-state index is 11.2. The number of nitrogen functional groups attached to an aromatic ring is 1. The predicted molar refractivity (Wildman–Crippen MR) is 134 cm³/mol. The van der Waals surface area contributed by atoms with Crippen molar-refractivity contribution in [2.24, 2.45) is 0 Å². The van der Waals surface area contributed by atoms with Crippen molar-refractivity contribution >= 4 is 23.3 Å². The summed E-state index contributed by atoms with van der Waals surface area (Å²) >= 11 is 0. The molecular formula is C25H26N8O2. The molecule has 0 saturated carbocycles. The highest BCUT2D eigenvalue weighted by Gasteiger charge is 2.29. The van der Waals surface area contributed by atoms with Gasteiger partial charge in [-0.15, -0.1) is 0 Å². The van der Waals surface area contributed by atoms with Crippen LogP contribution < -0.4 is 16.2 Å². The number of para-hydroxylation sites is 1. The van der Waals surface area contributed by atoms with Crippen LogP contribution in [0.1, 0.15) is 42.4 Å². The first-order valence-corrected chi connectivity index (χ1v) is 10.9. The van der Waals surface area contributed by atoms with Gasteiger partial charge >= 0.3 is 5.97 Å². The van der Waals surface area contributed by atoms with Crippen molar-refractivity contribution in [3.8, 4) is 17.4 Å². The van der Waals surface area contributed by atoms with Gasteiger partial charge in [0.25, 0.3) is 0 Å². The molecule has 0 bridgehead atoms. The van der Waals surface area contributed by atoms with Gasteiger partial charge in [0.2, 0.25) is 0 Å². The Morgan fingerprint density at radius 1 is 1.09 bits per heavy atom. The maximum atomic E-state index is 11.2. The SMILES string of the molecule is CN(Nc1c(C#N)cnn1-c1ccc(C(=O)O)cc1)c1c(C(C)(C)C)nn(-c2ccccc2)c1N. The number of nitriles is 1. The third kappa shape index (κ3) is 4.39. The van der Waals surface area contributed by atoms with Crippen LogP contribution in [0.15, 0.2) is 60.8 Å². The average molecular weight is 471 g/mol. The summed E-state index contributed by atoms with van der Waals surface area (Å²) in [6.07, 6.45) is 1.45. The number of nitrogens with zero attached hydrogens (tertiary/aromatic N) is 6. The van der Waals surface area contributed by atoms with Crippen LogP contribution in [0.2, 0.25) is 0 Å². The van der Waals surface area contributed by atoms with Crippen molar-refractivity contribution < 1.29 is 9.90 Å². The molecule has 4 N–H and O–H groups in total. The number of hydrazine groups is 1. The monoisotopic (exact) mass is 470 g/mol. The minimum absolute atomic E-state index is 0.156. The molecule has 10 heteroatoms. The summed E-state index contributed by atoms with van der Waals surface area (Å²) in [5, 5.41) is 29.7. The Bertz CT molecular complexity index is 1410. The molecule has 35 heavy (non-hydrogen) atoms. The lowest BCUT2D eigenvalue weighted by Gasteiger charge is -2.26. The normalized spacial score (nSPS) is 11.2. The number of aromatic nitrogens is 4. The fourth-order valence-electron chi connectivity index (χ4n) is 3.72. The Labute approximate surface area is 202 Å². The zero-order valence-electron chi connectivity index (χ0n) is 19.9. The van der Waals surface area contributed by atoms with E-state index in [9.17, 15) is 15.2 Å². The molecule has 0 aliphatic rings. The summed E-state index contributed by atoms with van der Waals surface area (Å²) < 4.78 is 3.23. The van der Waals surface area contributed by atoms with Gasteiger partial charge in [0.15, 0.2) is 11.6 Å². The highest BCUT2D eigenvalue weighted by molar-refractivity contribution is 5.87. The molecule has 0 aliphatic carbocycles. The number of benzene rings is 2. The molecule has 0 atom stereocenters. The van der Waals surface area contributed by atoms with E-state index >= 15 is 0 Å². The molecule has 2 aromatic carbocycles. The zero-order valence-corrected chi connectivity index (χ0v) is 19.9. The minimum Gasteiger partial charge on any atom is -0.478 e. The van der Waals surface area contributed by atoms with Crippen LogP contribution in [0.5, 0.6) is 0 Å². The van der Waals surface area contributed by atoms with Gasteiger partial charge in [-0.1, -0.05) is 39.0 Å². The van der Waals surface area contributed by atoms with E-state index in [1.54, 1.807) is 28.9 Å². The molecule has 0 spiro atoms. The first-order valence-electron chi connectivity index (χ1n) is 10.9. The first-order chi connectivity index (χ1) is 16.6. The summed E-state index contributed by atoms with van der Waals surface area (Å²) in [5.41, 5.74) is 12.8. The molecule has 2 aromatic heterocycles.